The molecule has 0 saturated heterocycles. The Labute approximate surface area is 228 Å². The molecule has 1 aromatic carbocycles. The van der Waals surface area contributed by atoms with Crippen LogP contribution in [0.15, 0.2) is 30.3 Å². The van der Waals surface area contributed by atoms with Crippen LogP contribution < -0.4 is 14.8 Å². The highest BCUT2D eigenvalue weighted by atomic mass is 16.6. The van der Waals surface area contributed by atoms with E-state index in [1.165, 1.54) is 19.3 Å². The lowest BCUT2D eigenvalue weighted by molar-refractivity contribution is 0.0469. The zero-order valence-corrected chi connectivity index (χ0v) is 23.6. The van der Waals surface area contributed by atoms with Gasteiger partial charge in [0.2, 0.25) is 5.88 Å². The predicted molar refractivity (Wildman–Crippen MR) is 150 cm³/mol. The predicted octanol–water partition coefficient (Wildman–Crippen LogP) is 7.41. The Kier molecular flexibility index (Phi) is 9.86. The summed E-state index contributed by atoms with van der Waals surface area (Å²) in [6, 6.07) is 10.6. The normalized spacial score (nSPS) is 20.5. The molecule has 2 aliphatic rings. The Bertz CT molecular complexity index is 1020. The van der Waals surface area contributed by atoms with Gasteiger partial charge in [0, 0.05) is 17.7 Å². The number of aryl methyl sites for hydroxylation is 1. The Morgan fingerprint density at radius 2 is 1.61 bits per heavy atom. The standard InChI is InChI=1S/C31H45N3O4/c1-5-6-12-28-27(22-13-17-25(18-14-22)36-24-10-8-7-9-11-24)21-29(34-33-28)37-26-19-15-23(16-20-26)32-30(35)38-31(2,3)4/h13-14,17-18,21,23-24,26H,5-12,15-16,19-20H2,1-4H3,(H,32,35). The van der Waals surface area contributed by atoms with Gasteiger partial charge in [-0.15, -0.1) is 5.10 Å². The van der Waals surface area contributed by atoms with Gasteiger partial charge in [-0.25, -0.2) is 4.79 Å². The maximum absolute atomic E-state index is 12.1. The van der Waals surface area contributed by atoms with Crippen molar-refractivity contribution >= 4 is 6.09 Å². The number of alkyl carbamates (subject to hydrolysis) is 1. The molecule has 1 amide bonds. The largest absolute Gasteiger partial charge is 0.490 e. The van der Waals surface area contributed by atoms with Crippen LogP contribution in [0.3, 0.4) is 0 Å². The van der Waals surface area contributed by atoms with Crippen LogP contribution in [0.4, 0.5) is 4.79 Å². The van der Waals surface area contributed by atoms with Gasteiger partial charge in [-0.1, -0.05) is 31.9 Å². The van der Waals surface area contributed by atoms with Gasteiger partial charge in [0.15, 0.2) is 0 Å². The number of nitrogens with one attached hydrogen (secondary N) is 1. The molecule has 4 rings (SSSR count). The van der Waals surface area contributed by atoms with Gasteiger partial charge in [0.05, 0.1) is 11.8 Å². The van der Waals surface area contributed by atoms with Gasteiger partial charge in [-0.05, 0) is 103 Å². The van der Waals surface area contributed by atoms with Gasteiger partial charge in [-0.2, -0.15) is 5.10 Å². The number of nitrogens with zero attached hydrogens (tertiary/aromatic N) is 2. The summed E-state index contributed by atoms with van der Waals surface area (Å²) in [5, 5.41) is 12.0. The van der Waals surface area contributed by atoms with E-state index in [-0.39, 0.29) is 18.2 Å². The fourth-order valence-corrected chi connectivity index (χ4v) is 5.29. The fourth-order valence-electron chi connectivity index (χ4n) is 5.29. The third-order valence-corrected chi connectivity index (χ3v) is 7.32. The van der Waals surface area contributed by atoms with Crippen LogP contribution >= 0.6 is 0 Å². The molecule has 0 spiro atoms. The van der Waals surface area contributed by atoms with Crippen LogP contribution in [0.5, 0.6) is 11.6 Å². The van der Waals surface area contributed by atoms with Crippen LogP contribution in [-0.4, -0.2) is 40.1 Å². The summed E-state index contributed by atoms with van der Waals surface area (Å²) in [6.45, 7) is 7.81. The molecule has 0 bridgehead atoms. The molecule has 2 fully saturated rings. The highest BCUT2D eigenvalue weighted by Gasteiger charge is 2.26. The topological polar surface area (TPSA) is 82.6 Å². The molecule has 2 saturated carbocycles. The lowest BCUT2D eigenvalue weighted by Gasteiger charge is -2.30. The summed E-state index contributed by atoms with van der Waals surface area (Å²) in [4.78, 5) is 12.1. The SMILES string of the molecule is CCCCc1nnc(OC2CCC(NC(=O)OC(C)(C)C)CC2)cc1-c1ccc(OC2CCCCC2)cc1. The van der Waals surface area contributed by atoms with E-state index in [2.05, 4.69) is 46.7 Å². The van der Waals surface area contributed by atoms with Crippen molar-refractivity contribution in [2.75, 3.05) is 0 Å². The van der Waals surface area contributed by atoms with E-state index in [1.807, 2.05) is 26.8 Å². The van der Waals surface area contributed by atoms with Gasteiger partial charge in [-0.3, -0.25) is 0 Å². The molecule has 0 unspecified atom stereocenters. The number of hydrogen-bond donors (Lipinski definition) is 1. The first-order valence-corrected chi connectivity index (χ1v) is 14.6. The molecule has 38 heavy (non-hydrogen) atoms. The van der Waals surface area contributed by atoms with Gasteiger partial charge in [0.25, 0.3) is 0 Å². The Hall–Kier alpha value is -2.83. The second-order valence-corrected chi connectivity index (χ2v) is 11.8. The van der Waals surface area contributed by atoms with E-state index in [1.54, 1.807) is 0 Å². The average Bonchev–Trinajstić information content (AvgIpc) is 2.89. The number of hydrogen-bond acceptors (Lipinski definition) is 6. The molecule has 0 atom stereocenters. The summed E-state index contributed by atoms with van der Waals surface area (Å²) in [7, 11) is 0. The lowest BCUT2D eigenvalue weighted by Crippen LogP contribution is -2.42. The lowest BCUT2D eigenvalue weighted by atomic mass is 9.93. The molecule has 7 heteroatoms. The van der Waals surface area contributed by atoms with E-state index in [4.69, 9.17) is 14.2 Å². The molecule has 2 aromatic rings. The third-order valence-electron chi connectivity index (χ3n) is 7.32. The van der Waals surface area contributed by atoms with Crippen molar-refractivity contribution in [2.45, 2.75) is 129 Å². The van der Waals surface area contributed by atoms with Crippen molar-refractivity contribution in [1.82, 2.24) is 15.5 Å². The molecule has 208 valence electrons. The molecular formula is C31H45N3O4. The van der Waals surface area contributed by atoms with E-state index in [9.17, 15) is 4.79 Å². The third kappa shape index (κ3) is 8.60. The number of amides is 1. The van der Waals surface area contributed by atoms with E-state index in [0.717, 1.165) is 80.4 Å². The summed E-state index contributed by atoms with van der Waals surface area (Å²) in [6.07, 6.45) is 12.6. The molecule has 1 heterocycles. The first kappa shape index (κ1) is 28.2. The highest BCUT2D eigenvalue weighted by Crippen LogP contribution is 2.31. The van der Waals surface area contributed by atoms with Gasteiger partial charge >= 0.3 is 6.09 Å². The number of carbonyl (C=O) groups is 1. The van der Waals surface area contributed by atoms with Crippen molar-refractivity contribution in [2.24, 2.45) is 0 Å². The Morgan fingerprint density at radius 3 is 2.26 bits per heavy atom. The fraction of sp³-hybridized carbons (Fsp3) is 0.645. The van der Waals surface area contributed by atoms with Crippen molar-refractivity contribution in [3.8, 4) is 22.8 Å². The zero-order valence-electron chi connectivity index (χ0n) is 23.6. The second kappa shape index (κ2) is 13.3. The molecule has 7 nitrogen and oxygen atoms in total. The average molecular weight is 524 g/mol. The van der Waals surface area contributed by atoms with Gasteiger partial charge < -0.3 is 19.5 Å². The maximum atomic E-state index is 12.1. The van der Waals surface area contributed by atoms with Crippen molar-refractivity contribution in [3.63, 3.8) is 0 Å². The van der Waals surface area contributed by atoms with Crippen molar-refractivity contribution in [1.29, 1.82) is 0 Å². The van der Waals surface area contributed by atoms with Crippen LogP contribution in [0.25, 0.3) is 11.1 Å². The van der Waals surface area contributed by atoms with E-state index in [0.29, 0.717) is 12.0 Å². The Morgan fingerprint density at radius 1 is 0.921 bits per heavy atom. The number of carbonyl (C=O) groups excluding carboxylic acids is 1. The smallest absolute Gasteiger partial charge is 0.407 e. The zero-order chi connectivity index (χ0) is 27.0. The van der Waals surface area contributed by atoms with Crippen molar-refractivity contribution in [3.05, 3.63) is 36.0 Å². The number of rotatable bonds is 9. The summed E-state index contributed by atoms with van der Waals surface area (Å²) < 4.78 is 17.9. The first-order valence-electron chi connectivity index (χ1n) is 14.6. The minimum Gasteiger partial charge on any atom is -0.490 e. The first-order chi connectivity index (χ1) is 18.3. The van der Waals surface area contributed by atoms with E-state index >= 15 is 0 Å². The van der Waals surface area contributed by atoms with Crippen LogP contribution in [0, 0.1) is 0 Å². The number of ether oxygens (including phenoxy) is 3. The molecular weight excluding hydrogens is 478 g/mol. The minimum atomic E-state index is -0.493. The molecule has 2 aliphatic carbocycles. The minimum absolute atomic E-state index is 0.0570. The highest BCUT2D eigenvalue weighted by molar-refractivity contribution is 5.68. The molecule has 0 radical (unpaired) electrons. The quantitative estimate of drug-likeness (QED) is 0.368. The van der Waals surface area contributed by atoms with Crippen molar-refractivity contribution < 1.29 is 19.0 Å². The van der Waals surface area contributed by atoms with Crippen LogP contribution in [0.2, 0.25) is 0 Å². The maximum Gasteiger partial charge on any atom is 0.407 e. The van der Waals surface area contributed by atoms with Crippen LogP contribution in [-0.2, 0) is 11.2 Å². The van der Waals surface area contributed by atoms with Gasteiger partial charge in [0.1, 0.15) is 17.5 Å². The molecule has 1 N–H and O–H groups in total. The number of aromatic nitrogens is 2. The summed E-state index contributed by atoms with van der Waals surface area (Å²) in [5.41, 5.74) is 2.70. The summed E-state index contributed by atoms with van der Waals surface area (Å²) >= 11 is 0. The monoisotopic (exact) mass is 523 g/mol. The van der Waals surface area contributed by atoms with E-state index < -0.39 is 5.60 Å². The summed E-state index contributed by atoms with van der Waals surface area (Å²) in [5.74, 6) is 1.50. The molecule has 1 aromatic heterocycles. The van der Waals surface area contributed by atoms with Crippen LogP contribution in [0.1, 0.15) is 104 Å². The number of unbranched alkanes of at least 4 members (excludes halogenated alkanes) is 1. The Balaban J connectivity index is 1.38. The molecule has 0 aliphatic heterocycles. The number of benzene rings is 1. The second-order valence-electron chi connectivity index (χ2n) is 11.8.